The Balaban J connectivity index is 2.48. The van der Waals surface area contributed by atoms with Crippen LogP contribution in [0.3, 0.4) is 0 Å². The summed E-state index contributed by atoms with van der Waals surface area (Å²) in [6, 6.07) is -0.454. The Morgan fingerprint density at radius 2 is 2.43 bits per heavy atom. The monoisotopic (exact) mass is 214 g/mol. The Morgan fingerprint density at radius 1 is 1.71 bits per heavy atom. The van der Waals surface area contributed by atoms with E-state index < -0.39 is 6.04 Å². The maximum absolute atomic E-state index is 11.4. The van der Waals surface area contributed by atoms with Crippen molar-refractivity contribution in [2.75, 3.05) is 5.32 Å². The predicted octanol–water partition coefficient (Wildman–Crippen LogP) is 0.912. The fraction of sp³-hybridized carbons (Fsp3) is 0.625. The average Bonchev–Trinajstić information content (AvgIpc) is 2.51. The minimum absolute atomic E-state index is 0.192. The molecule has 6 heteroatoms. The van der Waals surface area contributed by atoms with E-state index in [4.69, 9.17) is 5.73 Å². The van der Waals surface area contributed by atoms with E-state index in [1.807, 2.05) is 6.92 Å². The lowest BCUT2D eigenvalue weighted by Crippen LogP contribution is -2.35. The molecule has 0 aromatic carbocycles. The van der Waals surface area contributed by atoms with Gasteiger partial charge in [0.25, 0.3) is 0 Å². The third-order valence-corrected chi connectivity index (χ3v) is 2.42. The first-order valence-electron chi connectivity index (χ1n) is 4.50. The van der Waals surface area contributed by atoms with Crippen LogP contribution < -0.4 is 11.1 Å². The number of hydrogen-bond acceptors (Lipinski definition) is 5. The van der Waals surface area contributed by atoms with E-state index in [9.17, 15) is 4.79 Å². The normalized spacial score (nSPS) is 12.5. The second-order valence-electron chi connectivity index (χ2n) is 3.03. The van der Waals surface area contributed by atoms with Gasteiger partial charge in [0.1, 0.15) is 5.82 Å². The van der Waals surface area contributed by atoms with Crippen LogP contribution in [0.15, 0.2) is 0 Å². The minimum atomic E-state index is -0.454. The Hall–Kier alpha value is -1.01. The van der Waals surface area contributed by atoms with Gasteiger partial charge >= 0.3 is 0 Å². The van der Waals surface area contributed by atoms with Crippen molar-refractivity contribution in [2.24, 2.45) is 5.73 Å². The van der Waals surface area contributed by atoms with Crippen LogP contribution in [0.4, 0.5) is 5.13 Å². The number of aromatic nitrogens is 2. The third kappa shape index (κ3) is 3.04. The van der Waals surface area contributed by atoms with Gasteiger partial charge in [-0.2, -0.15) is 4.37 Å². The van der Waals surface area contributed by atoms with Crippen LogP contribution in [0, 0.1) is 6.92 Å². The number of aryl methyl sites for hydroxylation is 1. The molecule has 0 fully saturated rings. The molecular weight excluding hydrogens is 200 g/mol. The van der Waals surface area contributed by atoms with Gasteiger partial charge in [-0.3, -0.25) is 10.1 Å². The van der Waals surface area contributed by atoms with Crippen molar-refractivity contribution in [3.63, 3.8) is 0 Å². The zero-order chi connectivity index (χ0) is 10.6. The van der Waals surface area contributed by atoms with Crippen molar-refractivity contribution in [1.29, 1.82) is 0 Å². The molecular formula is C8H14N4OS. The molecule has 1 heterocycles. The second kappa shape index (κ2) is 5.02. The maximum Gasteiger partial charge on any atom is 0.243 e. The Labute approximate surface area is 86.9 Å². The number of amides is 1. The molecule has 0 aliphatic carbocycles. The van der Waals surface area contributed by atoms with Crippen molar-refractivity contribution in [1.82, 2.24) is 9.36 Å². The summed E-state index contributed by atoms with van der Waals surface area (Å²) in [4.78, 5) is 15.4. The lowest BCUT2D eigenvalue weighted by molar-refractivity contribution is -0.117. The van der Waals surface area contributed by atoms with Crippen LogP contribution in [-0.4, -0.2) is 21.3 Å². The number of anilines is 1. The topological polar surface area (TPSA) is 80.9 Å². The zero-order valence-corrected chi connectivity index (χ0v) is 9.10. The SMILES string of the molecule is CCC[C@H](N)C(=O)Nc1nc(C)ns1. The average molecular weight is 214 g/mol. The van der Waals surface area contributed by atoms with Crippen LogP contribution in [0.25, 0.3) is 0 Å². The highest BCUT2D eigenvalue weighted by Crippen LogP contribution is 2.10. The molecule has 0 saturated carbocycles. The van der Waals surface area contributed by atoms with E-state index in [1.165, 1.54) is 0 Å². The van der Waals surface area contributed by atoms with Gasteiger partial charge in [-0.1, -0.05) is 13.3 Å². The largest absolute Gasteiger partial charge is 0.320 e. The van der Waals surface area contributed by atoms with E-state index in [0.29, 0.717) is 17.4 Å². The molecule has 0 saturated heterocycles. The molecule has 1 aromatic heterocycles. The van der Waals surface area contributed by atoms with Crippen molar-refractivity contribution in [2.45, 2.75) is 32.7 Å². The van der Waals surface area contributed by atoms with Gasteiger partial charge in [-0.25, -0.2) is 4.98 Å². The molecule has 1 amide bonds. The van der Waals surface area contributed by atoms with Crippen LogP contribution in [0.5, 0.6) is 0 Å². The molecule has 0 aliphatic heterocycles. The molecule has 0 spiro atoms. The first kappa shape index (κ1) is 11.1. The smallest absolute Gasteiger partial charge is 0.243 e. The highest BCUT2D eigenvalue weighted by Gasteiger charge is 2.13. The molecule has 1 rings (SSSR count). The highest BCUT2D eigenvalue weighted by molar-refractivity contribution is 7.09. The quantitative estimate of drug-likeness (QED) is 0.780. The van der Waals surface area contributed by atoms with Gasteiger partial charge in [0.05, 0.1) is 6.04 Å². The summed E-state index contributed by atoms with van der Waals surface area (Å²) in [5, 5.41) is 3.14. The summed E-state index contributed by atoms with van der Waals surface area (Å²) in [5.74, 6) is 0.470. The summed E-state index contributed by atoms with van der Waals surface area (Å²) >= 11 is 1.16. The lowest BCUT2D eigenvalue weighted by Gasteiger charge is -2.08. The first-order valence-corrected chi connectivity index (χ1v) is 5.27. The van der Waals surface area contributed by atoms with Gasteiger partial charge in [0.15, 0.2) is 0 Å². The minimum Gasteiger partial charge on any atom is -0.320 e. The Bertz CT molecular complexity index is 312. The van der Waals surface area contributed by atoms with E-state index >= 15 is 0 Å². The van der Waals surface area contributed by atoms with Crippen LogP contribution in [0.2, 0.25) is 0 Å². The molecule has 1 atom stereocenters. The van der Waals surface area contributed by atoms with Crippen molar-refractivity contribution < 1.29 is 4.79 Å². The second-order valence-corrected chi connectivity index (χ2v) is 3.78. The summed E-state index contributed by atoms with van der Waals surface area (Å²) in [7, 11) is 0. The molecule has 5 nitrogen and oxygen atoms in total. The first-order chi connectivity index (χ1) is 6.63. The molecule has 3 N–H and O–H groups in total. The zero-order valence-electron chi connectivity index (χ0n) is 8.28. The standard InChI is InChI=1S/C8H14N4OS/c1-3-4-6(9)7(13)11-8-10-5(2)12-14-8/h6H,3-4,9H2,1-2H3,(H,10,11,12,13)/t6-/m0/s1. The number of nitrogens with zero attached hydrogens (tertiary/aromatic N) is 2. The lowest BCUT2D eigenvalue weighted by atomic mass is 10.2. The number of carbonyl (C=O) groups is 1. The Kier molecular flexibility index (Phi) is 3.97. The summed E-state index contributed by atoms with van der Waals surface area (Å²) in [6.45, 7) is 3.76. The number of nitrogens with one attached hydrogen (secondary N) is 1. The number of nitrogens with two attached hydrogens (primary N) is 1. The van der Waals surface area contributed by atoms with Gasteiger partial charge in [-0.05, 0) is 13.3 Å². The third-order valence-electron chi connectivity index (χ3n) is 1.69. The molecule has 1 aromatic rings. The molecule has 0 bridgehead atoms. The van der Waals surface area contributed by atoms with E-state index in [0.717, 1.165) is 18.0 Å². The van der Waals surface area contributed by atoms with E-state index in [1.54, 1.807) is 6.92 Å². The fourth-order valence-corrected chi connectivity index (χ4v) is 1.57. The molecule has 0 aliphatic rings. The van der Waals surface area contributed by atoms with E-state index in [2.05, 4.69) is 14.7 Å². The van der Waals surface area contributed by atoms with Crippen molar-refractivity contribution in [3.05, 3.63) is 5.82 Å². The summed E-state index contributed by atoms with van der Waals surface area (Å²) in [5.41, 5.74) is 5.63. The van der Waals surface area contributed by atoms with Gasteiger partial charge in [0, 0.05) is 11.5 Å². The fourth-order valence-electron chi connectivity index (χ4n) is 0.988. The highest BCUT2D eigenvalue weighted by atomic mass is 32.1. The number of hydrogen-bond donors (Lipinski definition) is 2. The molecule has 0 unspecified atom stereocenters. The van der Waals surface area contributed by atoms with Gasteiger partial charge in [0.2, 0.25) is 11.0 Å². The number of carbonyl (C=O) groups excluding carboxylic acids is 1. The van der Waals surface area contributed by atoms with Crippen molar-refractivity contribution in [3.8, 4) is 0 Å². The summed E-state index contributed by atoms with van der Waals surface area (Å²) in [6.07, 6.45) is 1.58. The van der Waals surface area contributed by atoms with Gasteiger partial charge in [-0.15, -0.1) is 0 Å². The van der Waals surface area contributed by atoms with Crippen LogP contribution in [-0.2, 0) is 4.79 Å². The van der Waals surface area contributed by atoms with Crippen LogP contribution in [0.1, 0.15) is 25.6 Å². The van der Waals surface area contributed by atoms with Crippen LogP contribution >= 0.6 is 11.5 Å². The molecule has 78 valence electrons. The summed E-state index contributed by atoms with van der Waals surface area (Å²) < 4.78 is 3.95. The van der Waals surface area contributed by atoms with Gasteiger partial charge < -0.3 is 5.73 Å². The Morgan fingerprint density at radius 3 is 2.93 bits per heavy atom. The van der Waals surface area contributed by atoms with Crippen molar-refractivity contribution >= 4 is 22.6 Å². The maximum atomic E-state index is 11.4. The predicted molar refractivity (Wildman–Crippen MR) is 56.2 cm³/mol. The molecule has 14 heavy (non-hydrogen) atoms. The van der Waals surface area contributed by atoms with E-state index in [-0.39, 0.29) is 5.91 Å². The molecule has 0 radical (unpaired) electrons. The number of rotatable bonds is 4.